The SMILES string of the molecule is CCOC(=O)C(C(C)=O)C1(C(F)(F)F)CO1.CCOC(=O)CC(C)=O.CCOC(=O)c1occ(C(F)(F)F)c1C(=O)OCC.O=C(CBr)C(F)(F)F.O=S(=O)(O)O.[H-].[Na+]. The quantitative estimate of drug-likeness (QED) is 0.0445. The molecule has 17 nitrogen and oxygen atoms in total. The summed E-state index contributed by atoms with van der Waals surface area (Å²) in [5.74, 6) is -9.62. The Hall–Kier alpha value is -3.15. The zero-order chi connectivity index (χ0) is 45.8. The summed E-state index contributed by atoms with van der Waals surface area (Å²) in [6.07, 6.45) is -14.1. The second-order valence-corrected chi connectivity index (χ2v) is 11.4. The number of esters is 4. The first-order valence-corrected chi connectivity index (χ1v) is 17.7. The number of hydrogen-bond donors (Lipinski definition) is 2. The molecule has 2 N–H and O–H groups in total. The van der Waals surface area contributed by atoms with E-state index >= 15 is 0 Å². The Morgan fingerprint density at radius 2 is 1.24 bits per heavy atom. The van der Waals surface area contributed by atoms with Crippen molar-refractivity contribution in [2.24, 2.45) is 5.92 Å². The van der Waals surface area contributed by atoms with E-state index in [-0.39, 0.29) is 63.0 Å². The van der Waals surface area contributed by atoms with E-state index in [1.165, 1.54) is 27.7 Å². The number of ketones is 3. The van der Waals surface area contributed by atoms with Crippen LogP contribution in [0.15, 0.2) is 10.7 Å². The Morgan fingerprint density at radius 3 is 1.52 bits per heavy atom. The molecule has 0 spiro atoms. The van der Waals surface area contributed by atoms with Crippen molar-refractivity contribution in [1.82, 2.24) is 0 Å². The summed E-state index contributed by atoms with van der Waals surface area (Å²) in [7, 11) is -4.67. The van der Waals surface area contributed by atoms with E-state index in [0.29, 0.717) is 12.9 Å². The Morgan fingerprint density at radius 1 is 0.828 bits per heavy atom. The van der Waals surface area contributed by atoms with Gasteiger partial charge in [-0.2, -0.15) is 47.9 Å². The minimum Gasteiger partial charge on any atom is -1.00 e. The molecule has 0 saturated carbocycles. The van der Waals surface area contributed by atoms with Crippen LogP contribution >= 0.6 is 15.9 Å². The number of carbonyl (C=O) groups excluding carboxylic acids is 7. The molecule has 1 fully saturated rings. The Labute approximate surface area is 355 Å². The van der Waals surface area contributed by atoms with Crippen LogP contribution in [0.1, 0.15) is 75.9 Å². The van der Waals surface area contributed by atoms with Crippen molar-refractivity contribution >= 4 is 67.6 Å². The molecule has 29 heteroatoms. The second kappa shape index (κ2) is 27.6. The zero-order valence-electron chi connectivity index (χ0n) is 32.3. The fourth-order valence-corrected chi connectivity index (χ4v) is 3.61. The van der Waals surface area contributed by atoms with Crippen LogP contribution in [-0.4, -0.2) is 115 Å². The predicted octanol–water partition coefficient (Wildman–Crippen LogP) is 2.24. The number of furan rings is 1. The van der Waals surface area contributed by atoms with Crippen LogP contribution in [0.5, 0.6) is 0 Å². The first kappa shape index (κ1) is 61.5. The Bertz CT molecular complexity index is 1620. The fourth-order valence-electron chi connectivity index (χ4n) is 3.29. The van der Waals surface area contributed by atoms with Crippen LogP contribution in [0.2, 0.25) is 0 Å². The number of hydrogen-bond acceptors (Lipinski definition) is 15. The average Bonchev–Trinajstić information content (AvgIpc) is 3.69. The summed E-state index contributed by atoms with van der Waals surface area (Å²) >= 11 is 2.38. The smallest absolute Gasteiger partial charge is 1.00 e. The number of alkyl halides is 10. The number of Topliss-reactive ketones (excluding diaryl/α,β-unsaturated/α-hetero) is 3. The van der Waals surface area contributed by atoms with Crippen molar-refractivity contribution in [1.29, 1.82) is 0 Å². The third-order valence-corrected chi connectivity index (χ3v) is 6.01. The molecular formula is C29H37BrF9NaO17S. The van der Waals surface area contributed by atoms with Crippen LogP contribution in [0, 0.1) is 5.92 Å². The predicted molar refractivity (Wildman–Crippen MR) is 173 cm³/mol. The third-order valence-electron chi connectivity index (χ3n) is 5.50. The molecule has 1 aliphatic rings. The molecule has 2 atom stereocenters. The van der Waals surface area contributed by atoms with Crippen LogP contribution < -0.4 is 29.6 Å². The zero-order valence-corrected chi connectivity index (χ0v) is 35.7. The van der Waals surface area contributed by atoms with Crippen molar-refractivity contribution in [2.45, 2.75) is 72.1 Å². The number of ether oxygens (including phenoxy) is 5. The maximum atomic E-state index is 12.7. The van der Waals surface area contributed by atoms with Gasteiger partial charge in [0.15, 0.2) is 5.92 Å². The summed E-state index contributed by atoms with van der Waals surface area (Å²) in [5, 5.41) is -0.656. The summed E-state index contributed by atoms with van der Waals surface area (Å²) in [6.45, 7) is 7.69. The Kier molecular flexibility index (Phi) is 29.2. The minimum absolute atomic E-state index is 0. The summed E-state index contributed by atoms with van der Waals surface area (Å²) in [6, 6.07) is 0. The molecular weight excluding hydrogens is 926 g/mol. The topological polar surface area (TPSA) is 257 Å². The van der Waals surface area contributed by atoms with Gasteiger partial charge in [-0.05, 0) is 41.5 Å². The molecule has 58 heavy (non-hydrogen) atoms. The van der Waals surface area contributed by atoms with Gasteiger partial charge in [-0.3, -0.25) is 33.1 Å². The van der Waals surface area contributed by atoms with E-state index in [0.717, 1.165) is 6.92 Å². The Balaban J connectivity index is -0.000000219. The van der Waals surface area contributed by atoms with Crippen LogP contribution in [-0.2, 0) is 64.2 Å². The largest absolute Gasteiger partial charge is 1.00 e. The molecule has 1 saturated heterocycles. The molecule has 2 rings (SSSR count). The average molecular weight is 964 g/mol. The van der Waals surface area contributed by atoms with Crippen LogP contribution in [0.4, 0.5) is 39.5 Å². The summed E-state index contributed by atoms with van der Waals surface area (Å²) in [5.41, 5.74) is -5.01. The monoisotopic (exact) mass is 962 g/mol. The van der Waals surface area contributed by atoms with Gasteiger partial charge in [0, 0.05) is 0 Å². The minimum atomic E-state index is -4.84. The van der Waals surface area contributed by atoms with Gasteiger partial charge in [0.1, 0.15) is 35.4 Å². The number of epoxide rings is 1. The van der Waals surface area contributed by atoms with Gasteiger partial charge in [0.25, 0.3) is 0 Å². The second-order valence-electron chi connectivity index (χ2n) is 9.95. The van der Waals surface area contributed by atoms with E-state index in [4.69, 9.17) is 17.5 Å². The van der Waals surface area contributed by atoms with E-state index in [2.05, 4.69) is 44.0 Å². The molecule has 1 aliphatic heterocycles. The van der Waals surface area contributed by atoms with E-state index in [1.807, 2.05) is 0 Å². The van der Waals surface area contributed by atoms with E-state index < -0.39 is 105 Å². The van der Waals surface area contributed by atoms with Gasteiger partial charge in [-0.15, -0.1) is 0 Å². The summed E-state index contributed by atoms with van der Waals surface area (Å²) < 4.78 is 167. The molecule has 0 aliphatic carbocycles. The molecule has 0 amide bonds. The van der Waals surface area contributed by atoms with E-state index in [9.17, 15) is 73.1 Å². The molecule has 2 heterocycles. The van der Waals surface area contributed by atoms with Crippen LogP contribution in [0.25, 0.3) is 0 Å². The first-order valence-electron chi connectivity index (χ1n) is 15.1. The molecule has 0 aromatic carbocycles. The summed E-state index contributed by atoms with van der Waals surface area (Å²) in [4.78, 5) is 75.6. The van der Waals surface area contributed by atoms with Gasteiger partial charge < -0.3 is 29.5 Å². The molecule has 1 aromatic rings. The normalized spacial score (nSPS) is 14.8. The van der Waals surface area contributed by atoms with Crippen molar-refractivity contribution in [2.75, 3.05) is 38.4 Å². The maximum Gasteiger partial charge on any atom is 1.00 e. The van der Waals surface area contributed by atoms with Gasteiger partial charge in [-0.25, -0.2) is 9.59 Å². The van der Waals surface area contributed by atoms with E-state index in [1.54, 1.807) is 6.92 Å². The molecule has 0 radical (unpaired) electrons. The van der Waals surface area contributed by atoms with Gasteiger partial charge in [-0.1, -0.05) is 15.9 Å². The first-order chi connectivity index (χ1) is 25.7. The number of carbonyl (C=O) groups is 7. The van der Waals surface area contributed by atoms with Gasteiger partial charge >= 0.3 is 82.4 Å². The maximum absolute atomic E-state index is 12.7. The van der Waals surface area contributed by atoms with Crippen molar-refractivity contribution < 1.29 is 150 Å². The van der Waals surface area contributed by atoms with Crippen LogP contribution in [0.3, 0.4) is 0 Å². The number of rotatable bonds is 12. The van der Waals surface area contributed by atoms with Gasteiger partial charge in [0.2, 0.25) is 17.1 Å². The van der Waals surface area contributed by atoms with Crippen molar-refractivity contribution in [3.05, 3.63) is 23.2 Å². The molecule has 0 bridgehead atoms. The third kappa shape index (κ3) is 24.7. The molecule has 2 unspecified atom stereocenters. The fraction of sp³-hybridized carbons (Fsp3) is 0.621. The molecule has 1 aromatic heterocycles. The number of halogens is 10. The standard InChI is InChI=1S/C11H11F3O5.C9H11F3O4.C6H10O3.C3H2BrF3O.Na.H2O4S.H/c1-3-17-9(15)7-6(11(12,13)14)5-19-8(7)10(16)18-4-2;1-3-15-7(14)6(5(2)13)8(4-16-8)9(10,11)12;1-3-9-6(8)4-5(2)7;4-1-2(8)3(5,6)7;;1-5(2,3)4;/h5H,3-4H2,1-2H3;6H,3-4H2,1-2H3;3-4H2,1-2H3;1H2;;(H2,1,2,3,4);/q;;;;+1;;-1. The van der Waals surface area contributed by atoms with Crippen molar-refractivity contribution in [3.63, 3.8) is 0 Å². The molecule has 332 valence electrons. The van der Waals surface area contributed by atoms with Gasteiger partial charge in [0.05, 0.1) is 38.4 Å². The van der Waals surface area contributed by atoms with Crippen molar-refractivity contribution in [3.8, 4) is 0 Å².